The summed E-state index contributed by atoms with van der Waals surface area (Å²) in [6.07, 6.45) is -0.114. The highest BCUT2D eigenvalue weighted by Crippen LogP contribution is 2.12. The Bertz CT molecular complexity index is 355. The summed E-state index contributed by atoms with van der Waals surface area (Å²) < 4.78 is 22.7. The van der Waals surface area contributed by atoms with Crippen LogP contribution in [0, 0.1) is 5.95 Å². The summed E-state index contributed by atoms with van der Waals surface area (Å²) in [5.41, 5.74) is 0.203. The topological polar surface area (TPSA) is 48.4 Å². The number of hydrogen-bond donors (Lipinski definition) is 0. The lowest BCUT2D eigenvalue weighted by atomic mass is 10.2. The number of rotatable bonds is 4. The first kappa shape index (κ1) is 11.4. The van der Waals surface area contributed by atoms with Crippen LogP contribution < -0.4 is 4.74 Å². The molecule has 0 aliphatic heterocycles. The summed E-state index contributed by atoms with van der Waals surface area (Å²) in [6, 6.07) is 2.95. The van der Waals surface area contributed by atoms with E-state index in [1.807, 2.05) is 0 Å². The zero-order valence-corrected chi connectivity index (χ0v) is 8.62. The average Bonchev–Trinajstić information content (AvgIpc) is 2.21. The van der Waals surface area contributed by atoms with Crippen LogP contribution >= 0.6 is 0 Å². The minimum Gasteiger partial charge on any atom is -0.481 e. The van der Waals surface area contributed by atoms with Gasteiger partial charge in [0.1, 0.15) is 0 Å². The van der Waals surface area contributed by atoms with Crippen LogP contribution in [0.25, 0.3) is 0 Å². The Balaban J connectivity index is 2.73. The van der Waals surface area contributed by atoms with Gasteiger partial charge in [0, 0.05) is 11.6 Å². The SMILES string of the molecule is CCOC(=O)Cc1ccc(OC)nc1F. The summed E-state index contributed by atoms with van der Waals surface area (Å²) in [4.78, 5) is 14.6. The maximum Gasteiger partial charge on any atom is 0.310 e. The zero-order chi connectivity index (χ0) is 11.3. The monoisotopic (exact) mass is 213 g/mol. The van der Waals surface area contributed by atoms with Crippen molar-refractivity contribution in [3.8, 4) is 5.88 Å². The summed E-state index contributed by atoms with van der Waals surface area (Å²) in [5, 5.41) is 0. The Labute approximate surface area is 87.0 Å². The number of hydrogen-bond acceptors (Lipinski definition) is 4. The molecule has 0 atom stereocenters. The summed E-state index contributed by atoms with van der Waals surface area (Å²) >= 11 is 0. The van der Waals surface area contributed by atoms with Crippen molar-refractivity contribution < 1.29 is 18.7 Å². The van der Waals surface area contributed by atoms with Gasteiger partial charge in [0.2, 0.25) is 11.8 Å². The third kappa shape index (κ3) is 3.19. The molecule has 0 aliphatic rings. The molecular weight excluding hydrogens is 201 g/mol. The Morgan fingerprint density at radius 2 is 2.27 bits per heavy atom. The van der Waals surface area contributed by atoms with Gasteiger partial charge >= 0.3 is 5.97 Å². The third-order valence-corrected chi connectivity index (χ3v) is 1.75. The molecule has 0 fully saturated rings. The lowest BCUT2D eigenvalue weighted by Crippen LogP contribution is -2.09. The molecule has 0 spiro atoms. The fourth-order valence-electron chi connectivity index (χ4n) is 1.06. The fraction of sp³-hybridized carbons (Fsp3) is 0.400. The van der Waals surface area contributed by atoms with Crippen LogP contribution in [-0.4, -0.2) is 24.7 Å². The van der Waals surface area contributed by atoms with E-state index in [1.54, 1.807) is 6.92 Å². The van der Waals surface area contributed by atoms with E-state index in [4.69, 9.17) is 9.47 Å². The van der Waals surface area contributed by atoms with Crippen LogP contribution in [0.15, 0.2) is 12.1 Å². The van der Waals surface area contributed by atoms with Gasteiger partial charge in [-0.3, -0.25) is 4.79 Å². The van der Waals surface area contributed by atoms with Crippen molar-refractivity contribution in [1.29, 1.82) is 0 Å². The molecule has 0 saturated carbocycles. The number of esters is 1. The number of methoxy groups -OCH3 is 1. The molecule has 0 unspecified atom stereocenters. The molecule has 0 aromatic carbocycles. The smallest absolute Gasteiger partial charge is 0.310 e. The van der Waals surface area contributed by atoms with E-state index < -0.39 is 11.9 Å². The normalized spacial score (nSPS) is 9.80. The van der Waals surface area contributed by atoms with E-state index in [0.29, 0.717) is 0 Å². The van der Waals surface area contributed by atoms with Gasteiger partial charge in [-0.1, -0.05) is 0 Å². The van der Waals surface area contributed by atoms with Crippen LogP contribution in [0.5, 0.6) is 5.88 Å². The van der Waals surface area contributed by atoms with E-state index in [1.165, 1.54) is 19.2 Å². The molecule has 0 bridgehead atoms. The summed E-state index contributed by atoms with van der Waals surface area (Å²) in [7, 11) is 1.40. The van der Waals surface area contributed by atoms with Crippen molar-refractivity contribution in [3.63, 3.8) is 0 Å². The second kappa shape index (κ2) is 5.29. The number of carbonyl (C=O) groups is 1. The largest absolute Gasteiger partial charge is 0.481 e. The Kier molecular flexibility index (Phi) is 4.03. The van der Waals surface area contributed by atoms with E-state index in [2.05, 4.69) is 4.98 Å². The lowest BCUT2D eigenvalue weighted by Gasteiger charge is -2.04. The number of nitrogens with zero attached hydrogens (tertiary/aromatic N) is 1. The second-order valence-electron chi connectivity index (χ2n) is 2.79. The summed E-state index contributed by atoms with van der Waals surface area (Å²) in [6.45, 7) is 1.98. The van der Waals surface area contributed by atoms with Crippen LogP contribution in [0.2, 0.25) is 0 Å². The predicted octanol–water partition coefficient (Wildman–Crippen LogP) is 1.33. The van der Waals surface area contributed by atoms with Crippen LogP contribution in [-0.2, 0) is 16.0 Å². The van der Waals surface area contributed by atoms with Crippen molar-refractivity contribution in [2.45, 2.75) is 13.3 Å². The van der Waals surface area contributed by atoms with Gasteiger partial charge in [-0.15, -0.1) is 0 Å². The van der Waals surface area contributed by atoms with Crippen LogP contribution in [0.1, 0.15) is 12.5 Å². The van der Waals surface area contributed by atoms with Gasteiger partial charge in [-0.05, 0) is 13.0 Å². The number of halogens is 1. The molecule has 0 aliphatic carbocycles. The van der Waals surface area contributed by atoms with Gasteiger partial charge in [-0.2, -0.15) is 9.37 Å². The molecule has 0 amide bonds. The lowest BCUT2D eigenvalue weighted by molar-refractivity contribution is -0.142. The molecule has 82 valence electrons. The van der Waals surface area contributed by atoms with E-state index >= 15 is 0 Å². The van der Waals surface area contributed by atoms with Crippen LogP contribution in [0.3, 0.4) is 0 Å². The molecular formula is C10H12FNO3. The highest BCUT2D eigenvalue weighted by Gasteiger charge is 2.10. The van der Waals surface area contributed by atoms with E-state index in [-0.39, 0.29) is 24.5 Å². The minimum absolute atomic E-state index is 0.114. The van der Waals surface area contributed by atoms with Crippen molar-refractivity contribution in [2.75, 3.05) is 13.7 Å². The zero-order valence-electron chi connectivity index (χ0n) is 8.62. The van der Waals surface area contributed by atoms with Crippen molar-refractivity contribution in [1.82, 2.24) is 4.98 Å². The first-order valence-corrected chi connectivity index (χ1v) is 4.52. The first-order valence-electron chi connectivity index (χ1n) is 4.52. The standard InChI is InChI=1S/C10H12FNO3/c1-3-15-9(13)6-7-4-5-8(14-2)12-10(7)11/h4-5H,3,6H2,1-2H3. The van der Waals surface area contributed by atoms with Crippen molar-refractivity contribution >= 4 is 5.97 Å². The maximum atomic E-state index is 13.2. The molecule has 0 saturated heterocycles. The molecule has 1 rings (SSSR count). The average molecular weight is 213 g/mol. The number of pyridine rings is 1. The minimum atomic E-state index is -0.706. The number of aromatic nitrogens is 1. The van der Waals surface area contributed by atoms with E-state index in [0.717, 1.165) is 0 Å². The van der Waals surface area contributed by atoms with Gasteiger partial charge in [0.25, 0.3) is 0 Å². The van der Waals surface area contributed by atoms with Crippen LogP contribution in [0.4, 0.5) is 4.39 Å². The molecule has 4 nitrogen and oxygen atoms in total. The summed E-state index contributed by atoms with van der Waals surface area (Å²) in [5.74, 6) is -0.995. The predicted molar refractivity (Wildman–Crippen MR) is 51.1 cm³/mol. The van der Waals surface area contributed by atoms with Crippen molar-refractivity contribution in [2.24, 2.45) is 0 Å². The molecule has 15 heavy (non-hydrogen) atoms. The van der Waals surface area contributed by atoms with Crippen molar-refractivity contribution in [3.05, 3.63) is 23.6 Å². The second-order valence-corrected chi connectivity index (χ2v) is 2.79. The third-order valence-electron chi connectivity index (χ3n) is 1.75. The fourth-order valence-corrected chi connectivity index (χ4v) is 1.06. The molecule has 1 aromatic heterocycles. The molecule has 1 aromatic rings. The Morgan fingerprint density at radius 1 is 1.53 bits per heavy atom. The van der Waals surface area contributed by atoms with Gasteiger partial charge in [-0.25, -0.2) is 0 Å². The highest BCUT2D eigenvalue weighted by atomic mass is 19.1. The maximum absolute atomic E-state index is 13.2. The number of carbonyl (C=O) groups excluding carboxylic acids is 1. The van der Waals surface area contributed by atoms with Gasteiger partial charge < -0.3 is 9.47 Å². The molecule has 5 heteroatoms. The Morgan fingerprint density at radius 3 is 2.80 bits per heavy atom. The quantitative estimate of drug-likeness (QED) is 0.559. The Hall–Kier alpha value is -1.65. The number of ether oxygens (including phenoxy) is 2. The van der Waals surface area contributed by atoms with Gasteiger partial charge in [0.15, 0.2) is 0 Å². The molecule has 1 heterocycles. The highest BCUT2D eigenvalue weighted by molar-refractivity contribution is 5.72. The van der Waals surface area contributed by atoms with Gasteiger partial charge in [0.05, 0.1) is 20.1 Å². The molecule has 0 radical (unpaired) electrons. The molecule has 0 N–H and O–H groups in total. The first-order chi connectivity index (χ1) is 7.17. The van der Waals surface area contributed by atoms with E-state index in [9.17, 15) is 9.18 Å².